The van der Waals surface area contributed by atoms with Gasteiger partial charge in [-0.15, -0.1) is 0 Å². The molecule has 0 bridgehead atoms. The van der Waals surface area contributed by atoms with Gasteiger partial charge >= 0.3 is 0 Å². The molecular formula is C23H29ClN6O2S. The van der Waals surface area contributed by atoms with Gasteiger partial charge in [0.05, 0.1) is 18.1 Å². The summed E-state index contributed by atoms with van der Waals surface area (Å²) in [6, 6.07) is 6.92. The van der Waals surface area contributed by atoms with Crippen molar-refractivity contribution in [2.24, 2.45) is 0 Å². The van der Waals surface area contributed by atoms with Crippen molar-refractivity contribution >= 4 is 46.1 Å². The molecule has 1 N–H and O–H groups in total. The number of ether oxygens (including phenoxy) is 1. The number of hydrogen-bond acceptors (Lipinski definition) is 7. The second-order valence-corrected chi connectivity index (χ2v) is 10.2. The summed E-state index contributed by atoms with van der Waals surface area (Å²) in [5.41, 5.74) is 0.806. The fourth-order valence-electron chi connectivity index (χ4n) is 3.73. The van der Waals surface area contributed by atoms with Crippen molar-refractivity contribution in [3.8, 4) is 5.75 Å². The third kappa shape index (κ3) is 6.29. The summed E-state index contributed by atoms with van der Waals surface area (Å²) in [7, 11) is 0. The van der Waals surface area contributed by atoms with Crippen LogP contribution in [0.3, 0.4) is 0 Å². The number of aromatic nitrogens is 4. The maximum atomic E-state index is 12.2. The topological polar surface area (TPSA) is 85.2 Å². The largest absolute Gasteiger partial charge is 0.484 e. The minimum Gasteiger partial charge on any atom is -0.484 e. The lowest BCUT2D eigenvalue weighted by atomic mass is 10.1. The van der Waals surface area contributed by atoms with Gasteiger partial charge in [0.1, 0.15) is 11.6 Å². The quantitative estimate of drug-likeness (QED) is 0.357. The number of hydrogen-bond donors (Lipinski definition) is 1. The maximum Gasteiger partial charge on any atom is 0.258 e. The van der Waals surface area contributed by atoms with E-state index in [1.54, 1.807) is 36.0 Å². The predicted octanol–water partition coefficient (Wildman–Crippen LogP) is 4.17. The first-order valence-corrected chi connectivity index (χ1v) is 12.6. The van der Waals surface area contributed by atoms with E-state index < -0.39 is 0 Å². The van der Waals surface area contributed by atoms with E-state index in [1.807, 2.05) is 10.9 Å². The Morgan fingerprint density at radius 1 is 1.18 bits per heavy atom. The highest BCUT2D eigenvalue weighted by atomic mass is 35.5. The number of thioether (sulfide) groups is 1. The van der Waals surface area contributed by atoms with E-state index in [9.17, 15) is 4.79 Å². The molecule has 0 saturated carbocycles. The zero-order valence-electron chi connectivity index (χ0n) is 19.0. The molecule has 3 heterocycles. The third-order valence-corrected chi connectivity index (χ3v) is 6.40. The minimum absolute atomic E-state index is 0.0576. The Labute approximate surface area is 203 Å². The molecule has 1 fully saturated rings. The number of rotatable bonds is 9. The van der Waals surface area contributed by atoms with Gasteiger partial charge in [-0.2, -0.15) is 5.10 Å². The van der Waals surface area contributed by atoms with Gasteiger partial charge in [0, 0.05) is 29.9 Å². The Kier molecular flexibility index (Phi) is 7.93. The molecule has 0 spiro atoms. The first-order valence-electron chi connectivity index (χ1n) is 11.3. The molecule has 3 aromatic rings. The molecule has 0 aliphatic carbocycles. The fraction of sp³-hybridized carbons (Fsp3) is 0.478. The van der Waals surface area contributed by atoms with Gasteiger partial charge < -0.3 is 15.0 Å². The number of fused-ring (bicyclic) bond motifs is 1. The van der Waals surface area contributed by atoms with Gasteiger partial charge in [-0.05, 0) is 43.5 Å². The van der Waals surface area contributed by atoms with Crippen LogP contribution >= 0.6 is 23.4 Å². The van der Waals surface area contributed by atoms with Crippen molar-refractivity contribution in [2.45, 2.75) is 50.1 Å². The first-order chi connectivity index (χ1) is 16.0. The smallest absolute Gasteiger partial charge is 0.258 e. The summed E-state index contributed by atoms with van der Waals surface area (Å²) in [4.78, 5) is 24.2. The molecule has 1 aliphatic heterocycles. The summed E-state index contributed by atoms with van der Waals surface area (Å²) in [6.07, 6.45) is 5.46. The van der Waals surface area contributed by atoms with E-state index in [0.717, 1.165) is 35.1 Å². The Morgan fingerprint density at radius 3 is 2.67 bits per heavy atom. The Hall–Kier alpha value is -2.52. The highest BCUT2D eigenvalue weighted by Gasteiger charge is 2.20. The molecule has 1 aliphatic rings. The van der Waals surface area contributed by atoms with E-state index in [2.05, 4.69) is 29.2 Å². The number of benzene rings is 1. The number of nitrogens with one attached hydrogen (secondary N) is 1. The van der Waals surface area contributed by atoms with Gasteiger partial charge in [0.2, 0.25) is 0 Å². The molecule has 2 aromatic heterocycles. The highest BCUT2D eigenvalue weighted by molar-refractivity contribution is 7.99. The SMILES string of the molecule is CC(C)Sc1nc(N2CCCCC2)c2cnn(CCNC(=O)COc3ccc(Cl)cc3)c2n1. The van der Waals surface area contributed by atoms with Crippen molar-refractivity contribution in [1.29, 1.82) is 0 Å². The summed E-state index contributed by atoms with van der Waals surface area (Å²) in [6.45, 7) is 7.17. The van der Waals surface area contributed by atoms with Crippen LogP contribution in [0.5, 0.6) is 5.75 Å². The van der Waals surface area contributed by atoms with Crippen LogP contribution in [-0.2, 0) is 11.3 Å². The van der Waals surface area contributed by atoms with E-state index >= 15 is 0 Å². The van der Waals surface area contributed by atoms with Crippen LogP contribution in [0.4, 0.5) is 5.82 Å². The number of amides is 1. The molecule has 1 aromatic carbocycles. The van der Waals surface area contributed by atoms with E-state index in [0.29, 0.717) is 29.1 Å². The van der Waals surface area contributed by atoms with Crippen LogP contribution in [0.1, 0.15) is 33.1 Å². The van der Waals surface area contributed by atoms with E-state index in [1.165, 1.54) is 19.3 Å². The Balaban J connectivity index is 1.41. The summed E-state index contributed by atoms with van der Waals surface area (Å²) < 4.78 is 7.34. The fourth-order valence-corrected chi connectivity index (χ4v) is 4.55. The lowest BCUT2D eigenvalue weighted by Crippen LogP contribution is -2.32. The van der Waals surface area contributed by atoms with Crippen molar-refractivity contribution in [3.05, 3.63) is 35.5 Å². The second kappa shape index (κ2) is 11.1. The zero-order valence-corrected chi connectivity index (χ0v) is 20.5. The van der Waals surface area contributed by atoms with Gasteiger partial charge in [-0.1, -0.05) is 37.2 Å². The molecular weight excluding hydrogens is 460 g/mol. The average molecular weight is 489 g/mol. The molecule has 176 valence electrons. The van der Waals surface area contributed by atoms with Gasteiger partial charge in [-0.3, -0.25) is 4.79 Å². The van der Waals surface area contributed by atoms with Gasteiger partial charge in [-0.25, -0.2) is 14.6 Å². The number of anilines is 1. The molecule has 33 heavy (non-hydrogen) atoms. The monoisotopic (exact) mass is 488 g/mol. The van der Waals surface area contributed by atoms with E-state index in [4.69, 9.17) is 26.3 Å². The molecule has 0 unspecified atom stereocenters. The third-order valence-electron chi connectivity index (χ3n) is 5.28. The van der Waals surface area contributed by atoms with Crippen LogP contribution in [0.25, 0.3) is 11.0 Å². The number of carbonyl (C=O) groups excluding carboxylic acids is 1. The lowest BCUT2D eigenvalue weighted by Gasteiger charge is -2.28. The maximum absolute atomic E-state index is 12.2. The molecule has 1 amide bonds. The van der Waals surface area contributed by atoms with Gasteiger partial charge in [0.25, 0.3) is 5.91 Å². The standard InChI is InChI=1S/C23H29ClN6O2S/c1-16(2)33-23-27-21(29-11-4-3-5-12-29)19-14-26-30(22(19)28-23)13-10-25-20(31)15-32-18-8-6-17(24)7-9-18/h6-9,14,16H,3-5,10-13,15H2,1-2H3,(H,25,31). The van der Waals surface area contributed by atoms with Crippen LogP contribution in [0, 0.1) is 0 Å². The van der Waals surface area contributed by atoms with Crippen molar-refractivity contribution < 1.29 is 9.53 Å². The molecule has 8 nitrogen and oxygen atoms in total. The average Bonchev–Trinajstić information content (AvgIpc) is 3.21. The zero-order chi connectivity index (χ0) is 23.2. The predicted molar refractivity (Wildman–Crippen MR) is 132 cm³/mol. The van der Waals surface area contributed by atoms with Crippen molar-refractivity contribution in [2.75, 3.05) is 31.1 Å². The second-order valence-electron chi connectivity index (χ2n) is 8.24. The normalized spacial score (nSPS) is 14.1. The van der Waals surface area contributed by atoms with Crippen LogP contribution in [0.2, 0.25) is 5.02 Å². The summed E-state index contributed by atoms with van der Waals surface area (Å²) >= 11 is 7.52. The van der Waals surface area contributed by atoms with E-state index in [-0.39, 0.29) is 12.5 Å². The summed E-state index contributed by atoms with van der Waals surface area (Å²) in [5.74, 6) is 1.38. The van der Waals surface area contributed by atoms with Gasteiger partial charge in [0.15, 0.2) is 17.4 Å². The minimum atomic E-state index is -0.193. The Morgan fingerprint density at radius 2 is 1.94 bits per heavy atom. The Bertz CT molecular complexity index is 1080. The van der Waals surface area contributed by atoms with Crippen LogP contribution in [0.15, 0.2) is 35.6 Å². The molecule has 1 saturated heterocycles. The van der Waals surface area contributed by atoms with Crippen LogP contribution < -0.4 is 15.0 Å². The molecule has 10 heteroatoms. The highest BCUT2D eigenvalue weighted by Crippen LogP contribution is 2.30. The number of nitrogens with zero attached hydrogens (tertiary/aromatic N) is 5. The lowest BCUT2D eigenvalue weighted by molar-refractivity contribution is -0.123. The van der Waals surface area contributed by atoms with Crippen molar-refractivity contribution in [1.82, 2.24) is 25.1 Å². The molecule has 0 atom stereocenters. The summed E-state index contributed by atoms with van der Waals surface area (Å²) in [5, 5.41) is 10.2. The van der Waals surface area contributed by atoms with Crippen LogP contribution in [-0.4, -0.2) is 57.1 Å². The van der Waals surface area contributed by atoms with Crippen molar-refractivity contribution in [3.63, 3.8) is 0 Å². The number of carbonyl (C=O) groups is 1. The molecule has 0 radical (unpaired) electrons. The molecule has 4 rings (SSSR count). The first kappa shape index (κ1) is 23.6. The number of halogens is 1. The number of piperidine rings is 1.